The number of nitrogens with zero attached hydrogens (tertiary/aromatic N) is 2. The van der Waals surface area contributed by atoms with Crippen LogP contribution in [0.5, 0.6) is 0 Å². The fourth-order valence-electron chi connectivity index (χ4n) is 8.02. The Hall–Kier alpha value is -1.87. The molecule has 1 aromatic heterocycles. The molecule has 1 N–H and O–H groups in total. The van der Waals surface area contributed by atoms with Gasteiger partial charge in [-0.3, -0.25) is 0 Å². The molecule has 6 atom stereocenters. The molecule has 31 heavy (non-hydrogen) atoms. The van der Waals surface area contributed by atoms with Gasteiger partial charge in [-0.1, -0.05) is 31.6 Å². The standard InChI is InChI=1S/C28H36N2O/c1-17-13-24-25(14-18(17)2)30(16-29-24)26-8-7-22-21-6-5-19-15-20(31)9-11-27(19,3)23(21)10-12-28(22,26)4/h5,8,13-14,16,20-23,31H,6-7,9-12,15H2,1-4H3/t20?,21-,22-,23-,27-,28-/m0/s1. The van der Waals surface area contributed by atoms with Crippen molar-refractivity contribution < 1.29 is 5.11 Å². The van der Waals surface area contributed by atoms with Crippen molar-refractivity contribution in [2.75, 3.05) is 0 Å². The molecule has 164 valence electrons. The third-order valence-corrected chi connectivity index (χ3v) is 10.0. The van der Waals surface area contributed by atoms with Crippen LogP contribution >= 0.6 is 0 Å². The topological polar surface area (TPSA) is 38.0 Å². The Bertz CT molecular complexity index is 1120. The normalized spacial score (nSPS) is 39.5. The predicted molar refractivity (Wildman–Crippen MR) is 127 cm³/mol. The predicted octanol–water partition coefficient (Wildman–Crippen LogP) is 6.43. The van der Waals surface area contributed by atoms with Gasteiger partial charge in [0.05, 0.1) is 17.1 Å². The Kier molecular flexibility index (Phi) is 4.19. The molecule has 0 amide bonds. The summed E-state index contributed by atoms with van der Waals surface area (Å²) in [6.45, 7) is 9.43. The molecule has 0 bridgehead atoms. The van der Waals surface area contributed by atoms with Gasteiger partial charge in [0, 0.05) is 11.1 Å². The van der Waals surface area contributed by atoms with Crippen LogP contribution in [0.2, 0.25) is 0 Å². The molecule has 0 spiro atoms. The summed E-state index contributed by atoms with van der Waals surface area (Å²) in [6, 6.07) is 4.56. The van der Waals surface area contributed by atoms with Crippen molar-refractivity contribution in [3.05, 3.63) is 47.3 Å². The minimum Gasteiger partial charge on any atom is -0.393 e. The molecule has 6 rings (SSSR count). The molecule has 4 aliphatic rings. The molecule has 1 heterocycles. The highest BCUT2D eigenvalue weighted by molar-refractivity contribution is 5.82. The van der Waals surface area contributed by atoms with Crippen LogP contribution in [0.3, 0.4) is 0 Å². The number of imidazole rings is 1. The number of hydrogen-bond donors (Lipinski definition) is 1. The highest BCUT2D eigenvalue weighted by Crippen LogP contribution is 2.65. The van der Waals surface area contributed by atoms with Gasteiger partial charge in [0.1, 0.15) is 6.33 Å². The van der Waals surface area contributed by atoms with E-state index in [1.54, 1.807) is 5.57 Å². The molecule has 0 radical (unpaired) electrons. The fourth-order valence-corrected chi connectivity index (χ4v) is 8.02. The Labute approximate surface area is 186 Å². The monoisotopic (exact) mass is 416 g/mol. The van der Waals surface area contributed by atoms with Gasteiger partial charge < -0.3 is 9.67 Å². The number of benzene rings is 1. The van der Waals surface area contributed by atoms with Crippen molar-refractivity contribution in [1.29, 1.82) is 0 Å². The Balaban J connectivity index is 1.37. The number of aliphatic hydroxyl groups excluding tert-OH is 1. The van der Waals surface area contributed by atoms with Crippen molar-refractivity contribution in [3.8, 4) is 0 Å². The summed E-state index contributed by atoms with van der Waals surface area (Å²) in [6.07, 6.45) is 15.0. The zero-order chi connectivity index (χ0) is 21.5. The number of aromatic nitrogens is 2. The maximum atomic E-state index is 10.3. The van der Waals surface area contributed by atoms with Crippen LogP contribution in [-0.2, 0) is 0 Å². The van der Waals surface area contributed by atoms with E-state index in [1.165, 1.54) is 48.0 Å². The second-order valence-corrected chi connectivity index (χ2v) is 11.5. The van der Waals surface area contributed by atoms with E-state index in [0.29, 0.717) is 11.3 Å². The van der Waals surface area contributed by atoms with E-state index < -0.39 is 0 Å². The Morgan fingerprint density at radius 1 is 0.968 bits per heavy atom. The Morgan fingerprint density at radius 3 is 2.58 bits per heavy atom. The summed E-state index contributed by atoms with van der Waals surface area (Å²) in [7, 11) is 0. The lowest BCUT2D eigenvalue weighted by Gasteiger charge is -2.57. The van der Waals surface area contributed by atoms with Crippen LogP contribution in [0.4, 0.5) is 0 Å². The number of rotatable bonds is 1. The van der Waals surface area contributed by atoms with Gasteiger partial charge in [0.2, 0.25) is 0 Å². The second-order valence-electron chi connectivity index (χ2n) is 11.5. The van der Waals surface area contributed by atoms with E-state index >= 15 is 0 Å². The molecule has 2 fully saturated rings. The maximum absolute atomic E-state index is 10.3. The van der Waals surface area contributed by atoms with Gasteiger partial charge in [-0.15, -0.1) is 0 Å². The average molecular weight is 417 g/mol. The van der Waals surface area contributed by atoms with Crippen molar-refractivity contribution in [2.24, 2.45) is 28.6 Å². The van der Waals surface area contributed by atoms with Gasteiger partial charge in [-0.05, 0) is 105 Å². The minimum absolute atomic E-state index is 0.119. The van der Waals surface area contributed by atoms with Gasteiger partial charge >= 0.3 is 0 Å². The molecule has 0 aliphatic heterocycles. The van der Waals surface area contributed by atoms with E-state index in [9.17, 15) is 5.11 Å². The van der Waals surface area contributed by atoms with Gasteiger partial charge in [0.25, 0.3) is 0 Å². The molecule has 1 unspecified atom stereocenters. The number of fused-ring (bicyclic) bond motifs is 6. The fraction of sp³-hybridized carbons (Fsp3) is 0.607. The van der Waals surface area contributed by atoms with E-state index in [-0.39, 0.29) is 11.5 Å². The summed E-state index contributed by atoms with van der Waals surface area (Å²) in [4.78, 5) is 4.78. The lowest BCUT2D eigenvalue weighted by atomic mass is 9.48. The smallest absolute Gasteiger partial charge is 0.100 e. The Morgan fingerprint density at radius 2 is 1.74 bits per heavy atom. The van der Waals surface area contributed by atoms with Crippen molar-refractivity contribution in [1.82, 2.24) is 9.55 Å². The van der Waals surface area contributed by atoms with Crippen LogP contribution < -0.4 is 0 Å². The number of aliphatic hydroxyl groups is 1. The number of allylic oxidation sites excluding steroid dienone is 3. The van der Waals surface area contributed by atoms with Gasteiger partial charge in [0.15, 0.2) is 0 Å². The summed E-state index contributed by atoms with van der Waals surface area (Å²) < 4.78 is 2.41. The first kappa shape index (κ1) is 19.8. The zero-order valence-electron chi connectivity index (χ0n) is 19.5. The lowest BCUT2D eigenvalue weighted by molar-refractivity contribution is -0.0249. The van der Waals surface area contributed by atoms with Crippen LogP contribution in [-0.4, -0.2) is 20.8 Å². The highest BCUT2D eigenvalue weighted by Gasteiger charge is 2.57. The largest absolute Gasteiger partial charge is 0.393 e. The SMILES string of the molecule is Cc1cc2ncn(C3=CC[C@H]4[C@@H]5CC=C6CC(O)CC[C@]6(C)[C@H]5CC[C@]34C)c2cc1C. The third-order valence-electron chi connectivity index (χ3n) is 10.0. The molecular formula is C28H36N2O. The van der Waals surface area contributed by atoms with Gasteiger partial charge in [-0.2, -0.15) is 0 Å². The summed E-state index contributed by atoms with van der Waals surface area (Å²) >= 11 is 0. The van der Waals surface area contributed by atoms with Crippen LogP contribution in [0.1, 0.15) is 69.9 Å². The molecule has 4 aliphatic carbocycles. The molecule has 3 heteroatoms. The summed E-state index contributed by atoms with van der Waals surface area (Å²) in [5.74, 6) is 2.25. The molecule has 0 saturated heterocycles. The molecule has 2 aromatic rings. The average Bonchev–Trinajstić information content (AvgIpc) is 3.28. The van der Waals surface area contributed by atoms with Crippen molar-refractivity contribution >= 4 is 16.7 Å². The van der Waals surface area contributed by atoms with Crippen LogP contribution in [0, 0.1) is 42.4 Å². The van der Waals surface area contributed by atoms with E-state index in [0.717, 1.165) is 36.6 Å². The number of hydrogen-bond acceptors (Lipinski definition) is 2. The van der Waals surface area contributed by atoms with E-state index in [4.69, 9.17) is 4.98 Å². The van der Waals surface area contributed by atoms with E-state index in [2.05, 4.69) is 62.9 Å². The first-order valence-corrected chi connectivity index (χ1v) is 12.3. The molecule has 1 aromatic carbocycles. The van der Waals surface area contributed by atoms with Crippen molar-refractivity contribution in [2.45, 2.75) is 78.7 Å². The highest BCUT2D eigenvalue weighted by atomic mass is 16.3. The molecule has 3 nitrogen and oxygen atoms in total. The van der Waals surface area contributed by atoms with Crippen molar-refractivity contribution in [3.63, 3.8) is 0 Å². The molecule has 2 saturated carbocycles. The minimum atomic E-state index is -0.119. The summed E-state index contributed by atoms with van der Waals surface area (Å²) in [5.41, 5.74) is 8.62. The van der Waals surface area contributed by atoms with Crippen LogP contribution in [0.25, 0.3) is 16.7 Å². The van der Waals surface area contributed by atoms with E-state index in [1.807, 2.05) is 0 Å². The lowest BCUT2D eigenvalue weighted by Crippen LogP contribution is -2.50. The third kappa shape index (κ3) is 2.65. The zero-order valence-corrected chi connectivity index (χ0v) is 19.5. The van der Waals surface area contributed by atoms with Gasteiger partial charge in [-0.25, -0.2) is 4.98 Å². The first-order valence-electron chi connectivity index (χ1n) is 12.3. The first-order chi connectivity index (χ1) is 14.8. The second kappa shape index (κ2) is 6.57. The summed E-state index contributed by atoms with van der Waals surface area (Å²) in [5, 5.41) is 10.3. The maximum Gasteiger partial charge on any atom is 0.100 e. The molecular weight excluding hydrogens is 380 g/mol. The quantitative estimate of drug-likeness (QED) is 0.544. The van der Waals surface area contributed by atoms with Crippen LogP contribution in [0.15, 0.2) is 36.2 Å². The number of aryl methyl sites for hydroxylation is 2.